The zero-order chi connectivity index (χ0) is 14.9. The van der Waals surface area contributed by atoms with E-state index in [2.05, 4.69) is 17.1 Å². The molecule has 1 N–H and O–H groups in total. The normalized spacial score (nSPS) is 39.0. The molecule has 1 heterocycles. The Balaban J connectivity index is 1.67. The average molecular weight is 294 g/mol. The second-order valence-electron chi connectivity index (χ2n) is 7.16. The summed E-state index contributed by atoms with van der Waals surface area (Å²) in [7, 11) is 0. The van der Waals surface area contributed by atoms with Gasteiger partial charge in [-0.05, 0) is 64.3 Å². The fraction of sp³-hybridized carbons (Fsp3) is 0.941. The Labute approximate surface area is 128 Å². The minimum atomic E-state index is -0.418. The maximum absolute atomic E-state index is 12.5. The first-order valence-corrected chi connectivity index (χ1v) is 8.86. The molecule has 4 heteroatoms. The predicted octanol–water partition coefficient (Wildman–Crippen LogP) is 2.32. The molecule has 2 saturated carbocycles. The Morgan fingerprint density at radius 3 is 2.76 bits per heavy atom. The summed E-state index contributed by atoms with van der Waals surface area (Å²) in [5.74, 6) is 0.904. The van der Waals surface area contributed by atoms with Crippen LogP contribution < -0.4 is 5.32 Å². The first-order valence-electron chi connectivity index (χ1n) is 8.86. The largest absolute Gasteiger partial charge is 0.465 e. The molecule has 0 spiro atoms. The number of hydrogen-bond acceptors (Lipinski definition) is 4. The lowest BCUT2D eigenvalue weighted by molar-refractivity contribution is -0.151. The number of fused-ring (bicyclic) bond motifs is 2. The van der Waals surface area contributed by atoms with Crippen LogP contribution in [0, 0.1) is 5.92 Å². The van der Waals surface area contributed by atoms with E-state index in [0.717, 1.165) is 44.2 Å². The van der Waals surface area contributed by atoms with Gasteiger partial charge in [0.15, 0.2) is 0 Å². The Morgan fingerprint density at radius 2 is 2.14 bits per heavy atom. The molecule has 3 fully saturated rings. The quantitative estimate of drug-likeness (QED) is 0.763. The van der Waals surface area contributed by atoms with Crippen molar-refractivity contribution in [1.29, 1.82) is 0 Å². The van der Waals surface area contributed by atoms with Crippen molar-refractivity contribution in [2.45, 2.75) is 76.4 Å². The molecule has 3 aliphatic rings. The summed E-state index contributed by atoms with van der Waals surface area (Å²) < 4.78 is 5.38. The van der Waals surface area contributed by atoms with Gasteiger partial charge in [0.2, 0.25) is 0 Å². The van der Waals surface area contributed by atoms with Gasteiger partial charge >= 0.3 is 5.97 Å². The van der Waals surface area contributed by atoms with Crippen molar-refractivity contribution in [3.8, 4) is 0 Å². The van der Waals surface area contributed by atoms with Crippen LogP contribution >= 0.6 is 0 Å². The van der Waals surface area contributed by atoms with E-state index < -0.39 is 5.54 Å². The molecule has 3 rings (SSSR count). The third kappa shape index (κ3) is 2.85. The Morgan fingerprint density at radius 1 is 1.29 bits per heavy atom. The van der Waals surface area contributed by atoms with Crippen LogP contribution in [0.3, 0.4) is 0 Å². The van der Waals surface area contributed by atoms with Gasteiger partial charge in [-0.2, -0.15) is 0 Å². The Hall–Kier alpha value is -0.610. The van der Waals surface area contributed by atoms with Crippen molar-refractivity contribution < 1.29 is 9.53 Å². The highest BCUT2D eigenvalue weighted by Crippen LogP contribution is 2.43. The van der Waals surface area contributed by atoms with Gasteiger partial charge in [-0.3, -0.25) is 9.69 Å². The van der Waals surface area contributed by atoms with Gasteiger partial charge in [-0.1, -0.05) is 6.92 Å². The molecule has 2 bridgehead atoms. The van der Waals surface area contributed by atoms with Crippen LogP contribution in [-0.4, -0.2) is 48.2 Å². The van der Waals surface area contributed by atoms with E-state index in [1.54, 1.807) is 0 Å². The molecule has 21 heavy (non-hydrogen) atoms. The van der Waals surface area contributed by atoms with Gasteiger partial charge in [0, 0.05) is 18.6 Å². The molecule has 1 saturated heterocycles. The fourth-order valence-electron chi connectivity index (χ4n) is 4.76. The number of nitrogens with one attached hydrogen (secondary N) is 1. The third-order valence-corrected chi connectivity index (χ3v) is 5.79. The number of piperidine rings is 1. The zero-order valence-electron chi connectivity index (χ0n) is 13.6. The van der Waals surface area contributed by atoms with E-state index in [4.69, 9.17) is 4.74 Å². The molecular formula is C17H30N2O2. The summed E-state index contributed by atoms with van der Waals surface area (Å²) in [6.45, 7) is 6.70. The number of esters is 1. The lowest BCUT2D eigenvalue weighted by Gasteiger charge is -2.34. The summed E-state index contributed by atoms with van der Waals surface area (Å²) >= 11 is 0. The van der Waals surface area contributed by atoms with Crippen molar-refractivity contribution in [3.05, 3.63) is 0 Å². The molecular weight excluding hydrogens is 264 g/mol. The van der Waals surface area contributed by atoms with E-state index in [-0.39, 0.29) is 5.97 Å². The molecule has 0 aromatic heterocycles. The minimum absolute atomic E-state index is 0.0229. The number of rotatable bonds is 6. The van der Waals surface area contributed by atoms with E-state index in [1.807, 2.05) is 6.92 Å². The molecule has 0 amide bonds. The molecule has 4 atom stereocenters. The fourth-order valence-corrected chi connectivity index (χ4v) is 4.76. The summed E-state index contributed by atoms with van der Waals surface area (Å²) in [5, 5.41) is 3.53. The second-order valence-corrected chi connectivity index (χ2v) is 7.16. The van der Waals surface area contributed by atoms with Gasteiger partial charge < -0.3 is 10.1 Å². The lowest BCUT2D eigenvalue weighted by atomic mass is 9.96. The number of carbonyl (C=O) groups is 1. The van der Waals surface area contributed by atoms with Crippen molar-refractivity contribution in [2.75, 3.05) is 19.7 Å². The molecule has 0 aromatic carbocycles. The van der Waals surface area contributed by atoms with Crippen LogP contribution in [0.1, 0.15) is 58.8 Å². The molecule has 0 aromatic rings. The van der Waals surface area contributed by atoms with Gasteiger partial charge in [0.05, 0.1) is 6.61 Å². The highest BCUT2D eigenvalue weighted by Gasteiger charge is 2.50. The van der Waals surface area contributed by atoms with Crippen molar-refractivity contribution in [1.82, 2.24) is 10.2 Å². The van der Waals surface area contributed by atoms with Crippen molar-refractivity contribution in [2.24, 2.45) is 5.92 Å². The SMILES string of the molecule is CCCNC1(C(=O)OCC)CCC(N2CC3CCC2C3)C1. The highest BCUT2D eigenvalue weighted by atomic mass is 16.5. The minimum Gasteiger partial charge on any atom is -0.465 e. The van der Waals surface area contributed by atoms with Crippen LogP contribution in [0.15, 0.2) is 0 Å². The van der Waals surface area contributed by atoms with E-state index in [1.165, 1.54) is 25.8 Å². The summed E-state index contributed by atoms with van der Waals surface area (Å²) in [6.07, 6.45) is 8.25. The van der Waals surface area contributed by atoms with E-state index in [0.29, 0.717) is 12.6 Å². The standard InChI is InChI=1S/C17H30N2O2/c1-3-9-18-17(16(20)21-4-2)8-7-15(11-17)19-12-13-5-6-14(19)10-13/h13-15,18H,3-12H2,1-2H3. The van der Waals surface area contributed by atoms with Gasteiger partial charge in [-0.15, -0.1) is 0 Å². The molecule has 2 aliphatic carbocycles. The number of nitrogens with zero attached hydrogens (tertiary/aromatic N) is 1. The van der Waals surface area contributed by atoms with Crippen LogP contribution in [0.25, 0.3) is 0 Å². The van der Waals surface area contributed by atoms with Crippen LogP contribution in [0.2, 0.25) is 0 Å². The molecule has 4 unspecified atom stereocenters. The Bertz CT molecular complexity index is 387. The first-order chi connectivity index (χ1) is 10.2. The second kappa shape index (κ2) is 6.25. The summed E-state index contributed by atoms with van der Waals surface area (Å²) in [6, 6.07) is 1.37. The average Bonchev–Trinajstić information content (AvgIpc) is 3.20. The molecule has 120 valence electrons. The number of hydrogen-bond donors (Lipinski definition) is 1. The van der Waals surface area contributed by atoms with Crippen LogP contribution in [-0.2, 0) is 9.53 Å². The monoisotopic (exact) mass is 294 g/mol. The third-order valence-electron chi connectivity index (χ3n) is 5.79. The smallest absolute Gasteiger partial charge is 0.326 e. The Kier molecular flexibility index (Phi) is 4.55. The summed E-state index contributed by atoms with van der Waals surface area (Å²) in [5.41, 5.74) is -0.418. The maximum Gasteiger partial charge on any atom is 0.326 e. The molecule has 1 aliphatic heterocycles. The predicted molar refractivity (Wildman–Crippen MR) is 83.1 cm³/mol. The molecule has 0 radical (unpaired) electrons. The van der Waals surface area contributed by atoms with Gasteiger partial charge in [0.25, 0.3) is 0 Å². The van der Waals surface area contributed by atoms with Crippen LogP contribution in [0.5, 0.6) is 0 Å². The van der Waals surface area contributed by atoms with Crippen molar-refractivity contribution >= 4 is 5.97 Å². The van der Waals surface area contributed by atoms with Crippen LogP contribution in [0.4, 0.5) is 0 Å². The van der Waals surface area contributed by atoms with E-state index >= 15 is 0 Å². The number of ether oxygens (including phenoxy) is 1. The van der Waals surface area contributed by atoms with Crippen molar-refractivity contribution in [3.63, 3.8) is 0 Å². The highest BCUT2D eigenvalue weighted by molar-refractivity contribution is 5.81. The van der Waals surface area contributed by atoms with E-state index in [9.17, 15) is 4.79 Å². The maximum atomic E-state index is 12.5. The van der Waals surface area contributed by atoms with Gasteiger partial charge in [0.1, 0.15) is 5.54 Å². The zero-order valence-corrected chi connectivity index (χ0v) is 13.6. The number of carbonyl (C=O) groups excluding carboxylic acids is 1. The first kappa shape index (κ1) is 15.3. The lowest BCUT2D eigenvalue weighted by Crippen LogP contribution is -2.53. The topological polar surface area (TPSA) is 41.6 Å². The molecule has 4 nitrogen and oxygen atoms in total. The van der Waals surface area contributed by atoms with Gasteiger partial charge in [-0.25, -0.2) is 0 Å². The summed E-state index contributed by atoms with van der Waals surface area (Å²) in [4.78, 5) is 15.2. The number of likely N-dealkylation sites (tertiary alicyclic amines) is 1.